The minimum absolute atomic E-state index is 0.0202. The van der Waals surface area contributed by atoms with Crippen molar-refractivity contribution < 1.29 is 35.6 Å². The number of hydrogen-bond donors (Lipinski definition) is 1. The summed E-state index contributed by atoms with van der Waals surface area (Å²) in [6, 6.07) is 6.00. The first-order valence-corrected chi connectivity index (χ1v) is 15.0. The van der Waals surface area contributed by atoms with Gasteiger partial charge in [-0.05, 0) is 38.3 Å². The molecule has 2 saturated heterocycles. The quantitative estimate of drug-likeness (QED) is 0.480. The molecule has 0 aliphatic carbocycles. The molecule has 2 heterocycles. The Kier molecular flexibility index (Phi) is 9.44. The monoisotopic (exact) mass is 595 g/mol. The van der Waals surface area contributed by atoms with Gasteiger partial charge in [-0.2, -0.15) is 13.2 Å². The first-order valence-electron chi connectivity index (χ1n) is 12.6. The van der Waals surface area contributed by atoms with Crippen molar-refractivity contribution in [1.29, 1.82) is 0 Å². The van der Waals surface area contributed by atoms with E-state index in [1.54, 1.807) is 31.2 Å². The SMILES string of the molecule is C[C@H](/C=C\S(C)(=O)=O)NC(=O)[C@@]1(F)CCCN(C(=O)[C@@]2(C)CN(CC(F)(F)F)C[C@H]2c2ccccc2Cl)CC1. The van der Waals surface area contributed by atoms with Crippen molar-refractivity contribution in [3.63, 3.8) is 0 Å². The Balaban J connectivity index is 1.78. The van der Waals surface area contributed by atoms with Gasteiger partial charge in [-0.3, -0.25) is 14.5 Å². The van der Waals surface area contributed by atoms with Crippen LogP contribution in [0.3, 0.4) is 0 Å². The first kappa shape index (κ1) is 31.3. The molecular formula is C26H34ClF4N3O4S. The molecule has 13 heteroatoms. The van der Waals surface area contributed by atoms with Gasteiger partial charge in [0.05, 0.1) is 12.0 Å². The Bertz CT molecular complexity index is 1210. The Morgan fingerprint density at radius 3 is 2.51 bits per heavy atom. The first-order chi connectivity index (χ1) is 17.9. The topological polar surface area (TPSA) is 86.8 Å². The molecule has 2 aliphatic heterocycles. The smallest absolute Gasteiger partial charge is 0.347 e. The standard InChI is InChI=1S/C26H34ClF4N3O4S/c1-18(9-14-39(3,37)38)32-22(35)25(28)10-6-12-34(13-11-25)23(36)24(2)16-33(17-26(29,30)31)15-20(24)19-7-4-5-8-21(19)27/h4-5,7-9,14,18,20H,6,10-13,15-17H2,1-3H3,(H,32,35)/b14-9-/t18-,20+,24+,25-/m1/s1. The third kappa shape index (κ3) is 7.94. The van der Waals surface area contributed by atoms with E-state index >= 15 is 4.39 Å². The van der Waals surface area contributed by atoms with Crippen molar-refractivity contribution in [1.82, 2.24) is 15.1 Å². The van der Waals surface area contributed by atoms with Crippen LogP contribution in [0.2, 0.25) is 5.02 Å². The summed E-state index contributed by atoms with van der Waals surface area (Å²) in [5, 5.41) is 3.74. The van der Waals surface area contributed by atoms with E-state index in [0.717, 1.165) is 11.7 Å². The number of likely N-dealkylation sites (tertiary alicyclic amines) is 2. The zero-order chi connectivity index (χ0) is 29.2. The Labute approximate surface area is 231 Å². The lowest BCUT2D eigenvalue weighted by atomic mass is 9.75. The molecule has 2 fully saturated rings. The van der Waals surface area contributed by atoms with E-state index in [1.807, 2.05) is 0 Å². The Morgan fingerprint density at radius 1 is 1.23 bits per heavy atom. The van der Waals surface area contributed by atoms with Gasteiger partial charge in [0.2, 0.25) is 5.91 Å². The average molecular weight is 596 g/mol. The van der Waals surface area contributed by atoms with Gasteiger partial charge in [0.15, 0.2) is 15.5 Å². The number of rotatable bonds is 7. The summed E-state index contributed by atoms with van der Waals surface area (Å²) < 4.78 is 78.2. The van der Waals surface area contributed by atoms with E-state index in [2.05, 4.69) is 5.32 Å². The number of nitrogens with one attached hydrogen (secondary N) is 1. The van der Waals surface area contributed by atoms with Crippen LogP contribution in [-0.2, 0) is 19.4 Å². The summed E-state index contributed by atoms with van der Waals surface area (Å²) in [5.41, 5.74) is -2.97. The highest BCUT2D eigenvalue weighted by Gasteiger charge is 2.53. The molecule has 2 aliphatic rings. The predicted octanol–water partition coefficient (Wildman–Crippen LogP) is 4.09. The fourth-order valence-corrected chi connectivity index (χ4v) is 6.21. The van der Waals surface area contributed by atoms with Crippen molar-refractivity contribution in [2.45, 2.75) is 56.9 Å². The van der Waals surface area contributed by atoms with Crippen LogP contribution in [0.5, 0.6) is 0 Å². The molecule has 0 spiro atoms. The highest BCUT2D eigenvalue weighted by Crippen LogP contribution is 2.47. The molecule has 4 atom stereocenters. The van der Waals surface area contributed by atoms with Gasteiger partial charge in [-0.25, -0.2) is 12.8 Å². The Morgan fingerprint density at radius 2 is 1.90 bits per heavy atom. The lowest BCUT2D eigenvalue weighted by molar-refractivity contribution is -0.148. The number of amides is 2. The number of carbonyl (C=O) groups is 2. The third-order valence-electron chi connectivity index (χ3n) is 7.38. The van der Waals surface area contributed by atoms with E-state index in [0.29, 0.717) is 10.6 Å². The second-order valence-corrected chi connectivity index (χ2v) is 13.1. The zero-order valence-electron chi connectivity index (χ0n) is 22.1. The van der Waals surface area contributed by atoms with Gasteiger partial charge in [0, 0.05) is 61.2 Å². The van der Waals surface area contributed by atoms with E-state index in [4.69, 9.17) is 11.6 Å². The number of carbonyl (C=O) groups excluding carboxylic acids is 2. The molecule has 7 nitrogen and oxygen atoms in total. The largest absolute Gasteiger partial charge is 0.401 e. The van der Waals surface area contributed by atoms with Crippen LogP contribution >= 0.6 is 11.6 Å². The molecule has 3 rings (SSSR count). The fraction of sp³-hybridized carbons (Fsp3) is 0.615. The molecule has 0 saturated carbocycles. The summed E-state index contributed by atoms with van der Waals surface area (Å²) in [6.07, 6.45) is -2.50. The van der Waals surface area contributed by atoms with Gasteiger partial charge >= 0.3 is 6.18 Å². The minimum atomic E-state index is -4.45. The number of alkyl halides is 4. The maximum absolute atomic E-state index is 15.8. The van der Waals surface area contributed by atoms with Gasteiger partial charge in [-0.15, -0.1) is 0 Å². The van der Waals surface area contributed by atoms with Gasteiger partial charge < -0.3 is 10.2 Å². The number of hydrogen-bond acceptors (Lipinski definition) is 5. The van der Waals surface area contributed by atoms with Crippen molar-refractivity contribution in [2.75, 3.05) is 39.0 Å². The van der Waals surface area contributed by atoms with E-state index in [9.17, 15) is 31.2 Å². The Hall–Kier alpha value is -2.18. The van der Waals surface area contributed by atoms with Crippen LogP contribution in [0.1, 0.15) is 44.6 Å². The molecule has 0 unspecified atom stereocenters. The molecule has 0 bridgehead atoms. The van der Waals surface area contributed by atoms with Gasteiger partial charge in [-0.1, -0.05) is 35.9 Å². The zero-order valence-corrected chi connectivity index (χ0v) is 23.7. The van der Waals surface area contributed by atoms with Crippen molar-refractivity contribution >= 4 is 33.3 Å². The maximum atomic E-state index is 15.8. The fourth-order valence-electron chi connectivity index (χ4n) is 5.42. The van der Waals surface area contributed by atoms with Gasteiger partial charge in [0.25, 0.3) is 5.91 Å². The highest BCUT2D eigenvalue weighted by atomic mass is 35.5. The van der Waals surface area contributed by atoms with E-state index in [1.165, 1.54) is 22.8 Å². The average Bonchev–Trinajstić information content (AvgIpc) is 3.00. The summed E-state index contributed by atoms with van der Waals surface area (Å²) >= 11 is 6.39. The lowest BCUT2D eigenvalue weighted by Crippen LogP contribution is -2.49. The molecule has 1 aromatic carbocycles. The molecule has 1 N–H and O–H groups in total. The highest BCUT2D eigenvalue weighted by molar-refractivity contribution is 7.93. The molecule has 0 radical (unpaired) electrons. The van der Waals surface area contributed by atoms with Crippen molar-refractivity contribution in [3.8, 4) is 0 Å². The van der Waals surface area contributed by atoms with Crippen LogP contribution in [0.15, 0.2) is 35.7 Å². The molecule has 0 aromatic heterocycles. The summed E-state index contributed by atoms with van der Waals surface area (Å²) in [6.45, 7) is 1.84. The second-order valence-electron chi connectivity index (χ2n) is 10.8. The second kappa shape index (κ2) is 11.7. The summed E-state index contributed by atoms with van der Waals surface area (Å²) in [7, 11) is -3.42. The summed E-state index contributed by atoms with van der Waals surface area (Å²) in [4.78, 5) is 29.3. The molecule has 2 amide bonds. The third-order valence-corrected chi connectivity index (χ3v) is 8.38. The molecule has 1 aromatic rings. The van der Waals surface area contributed by atoms with Gasteiger partial charge in [0.1, 0.15) is 0 Å². The van der Waals surface area contributed by atoms with Crippen molar-refractivity contribution in [3.05, 3.63) is 46.3 Å². The number of halogens is 5. The number of benzene rings is 1. The van der Waals surface area contributed by atoms with Crippen LogP contribution in [0.25, 0.3) is 0 Å². The lowest BCUT2D eigenvalue weighted by Gasteiger charge is -2.35. The molecular weight excluding hydrogens is 562 g/mol. The van der Waals surface area contributed by atoms with Crippen LogP contribution in [0, 0.1) is 5.41 Å². The predicted molar refractivity (Wildman–Crippen MR) is 141 cm³/mol. The normalized spacial score (nSPS) is 27.9. The maximum Gasteiger partial charge on any atom is 0.401 e. The van der Waals surface area contributed by atoms with Crippen LogP contribution in [-0.4, -0.2) is 86.9 Å². The van der Waals surface area contributed by atoms with E-state index in [-0.39, 0.29) is 45.4 Å². The summed E-state index contributed by atoms with van der Waals surface area (Å²) in [5.74, 6) is -1.93. The molecule has 39 heavy (non-hydrogen) atoms. The van der Waals surface area contributed by atoms with E-state index < -0.39 is 57.4 Å². The van der Waals surface area contributed by atoms with Crippen LogP contribution in [0.4, 0.5) is 17.6 Å². The number of nitrogens with zero attached hydrogens (tertiary/aromatic N) is 2. The van der Waals surface area contributed by atoms with Crippen molar-refractivity contribution in [2.24, 2.45) is 5.41 Å². The minimum Gasteiger partial charge on any atom is -0.347 e. The molecule has 218 valence electrons. The number of sulfone groups is 1. The van der Waals surface area contributed by atoms with Crippen LogP contribution < -0.4 is 5.32 Å².